The van der Waals surface area contributed by atoms with Crippen LogP contribution in [0.5, 0.6) is 23.0 Å². The SMILES string of the molecule is COc1cccc(-c2c3nc(c(-c4cccc(OC)c4)c4ccc([nH]4)c4c5nc(c(-c6cccc(OC)c6)c6ccc2[nH]6)C=C5C(O)c2ccc(OC)cc2-4)C=C3)c1. The summed E-state index contributed by atoms with van der Waals surface area (Å²) in [7, 11) is 6.65. The summed E-state index contributed by atoms with van der Waals surface area (Å²) in [5.41, 5.74) is 14.9. The Morgan fingerprint density at radius 1 is 0.483 bits per heavy atom. The van der Waals surface area contributed by atoms with E-state index in [0.717, 1.165) is 95.0 Å². The summed E-state index contributed by atoms with van der Waals surface area (Å²) in [6, 6.07) is 38.1. The Bertz CT molecular complexity index is 3050. The molecule has 0 saturated carbocycles. The normalized spacial score (nSPS) is 13.8. The number of ether oxygens (including phenoxy) is 4. The lowest BCUT2D eigenvalue weighted by atomic mass is 9.83. The molecule has 1 unspecified atom stereocenters. The molecule has 7 aromatic rings. The number of hydrogen-bond acceptors (Lipinski definition) is 7. The van der Waals surface area contributed by atoms with Crippen LogP contribution in [0, 0.1) is 0 Å². The van der Waals surface area contributed by atoms with Crippen molar-refractivity contribution in [3.05, 3.63) is 144 Å². The van der Waals surface area contributed by atoms with Crippen LogP contribution in [-0.2, 0) is 0 Å². The van der Waals surface area contributed by atoms with Crippen molar-refractivity contribution in [3.8, 4) is 67.5 Å². The Hall–Kier alpha value is -7.36. The number of nitrogens with zero attached hydrogens (tertiary/aromatic N) is 2. The molecule has 9 nitrogen and oxygen atoms in total. The number of aromatic amines is 2. The van der Waals surface area contributed by atoms with Crippen LogP contribution in [-0.4, -0.2) is 53.5 Å². The fourth-order valence-corrected chi connectivity index (χ4v) is 8.33. The largest absolute Gasteiger partial charge is 0.497 e. The quantitative estimate of drug-likeness (QED) is 0.148. The molecule has 3 aromatic heterocycles. The first-order valence-electron chi connectivity index (χ1n) is 18.9. The van der Waals surface area contributed by atoms with Crippen LogP contribution in [0.1, 0.15) is 34.4 Å². The van der Waals surface area contributed by atoms with Gasteiger partial charge in [-0.05, 0) is 119 Å². The fraction of sp³-hybridized carbons (Fsp3) is 0.102. The fourth-order valence-electron chi connectivity index (χ4n) is 8.33. The Labute approximate surface area is 334 Å². The number of H-pyrrole nitrogens is 2. The molecular formula is C49H38N4O5. The number of aromatic nitrogens is 4. The molecule has 4 aromatic carbocycles. The van der Waals surface area contributed by atoms with Gasteiger partial charge in [-0.25, -0.2) is 9.97 Å². The highest BCUT2D eigenvalue weighted by Crippen LogP contribution is 2.50. The summed E-state index contributed by atoms with van der Waals surface area (Å²) in [6.07, 6.45) is 5.21. The summed E-state index contributed by atoms with van der Waals surface area (Å²) in [5.74, 6) is 2.86. The van der Waals surface area contributed by atoms with Gasteiger partial charge in [0, 0.05) is 49.9 Å². The minimum Gasteiger partial charge on any atom is -0.497 e. The predicted octanol–water partition coefficient (Wildman–Crippen LogP) is 10.8. The van der Waals surface area contributed by atoms with Crippen LogP contribution in [0.25, 0.3) is 90.4 Å². The molecule has 10 rings (SSSR count). The van der Waals surface area contributed by atoms with Crippen molar-refractivity contribution in [1.29, 1.82) is 0 Å². The highest BCUT2D eigenvalue weighted by molar-refractivity contribution is 6.05. The van der Waals surface area contributed by atoms with E-state index in [0.29, 0.717) is 28.5 Å². The third kappa shape index (κ3) is 5.74. The lowest BCUT2D eigenvalue weighted by Gasteiger charge is -2.24. The van der Waals surface area contributed by atoms with Crippen LogP contribution in [0.15, 0.2) is 115 Å². The van der Waals surface area contributed by atoms with E-state index in [1.54, 1.807) is 28.4 Å². The van der Waals surface area contributed by atoms with Crippen LogP contribution >= 0.6 is 0 Å². The van der Waals surface area contributed by atoms with Crippen molar-refractivity contribution in [2.24, 2.45) is 0 Å². The van der Waals surface area contributed by atoms with Crippen LogP contribution in [0.4, 0.5) is 0 Å². The minimum absolute atomic E-state index is 0.676. The molecule has 9 heteroatoms. The predicted molar refractivity (Wildman–Crippen MR) is 231 cm³/mol. The molecule has 0 saturated heterocycles. The van der Waals surface area contributed by atoms with Gasteiger partial charge in [0.15, 0.2) is 0 Å². The monoisotopic (exact) mass is 762 g/mol. The van der Waals surface area contributed by atoms with Gasteiger partial charge in [0.25, 0.3) is 0 Å². The van der Waals surface area contributed by atoms with Crippen LogP contribution < -0.4 is 18.9 Å². The molecule has 5 heterocycles. The number of benzene rings is 4. The van der Waals surface area contributed by atoms with E-state index < -0.39 is 6.10 Å². The standard InChI is InChI=1S/C49H38N4O5/c1-55-30-11-5-8-27(22-30)44-37-16-17-38(50-37)45(28-9-6-12-31(23-28)56-2)40-20-21-42(52-40)47-35-25-33(58-4)14-15-34(35)49(54)36-26-43(53-48(36)47)46(41-19-18-39(44)51-41)29-10-7-13-32(24-29)57-3/h5-26,49,51-52,54H,1-4H3. The number of fused-ring (bicyclic) bond motifs is 10. The van der Waals surface area contributed by atoms with Crippen molar-refractivity contribution < 1.29 is 24.1 Å². The van der Waals surface area contributed by atoms with Crippen LogP contribution in [0.3, 0.4) is 0 Å². The first kappa shape index (κ1) is 35.1. The second-order valence-electron chi connectivity index (χ2n) is 14.3. The van der Waals surface area contributed by atoms with Gasteiger partial charge in [0.2, 0.25) is 0 Å². The highest BCUT2D eigenvalue weighted by atomic mass is 16.5. The van der Waals surface area contributed by atoms with Gasteiger partial charge in [-0.1, -0.05) is 42.5 Å². The van der Waals surface area contributed by atoms with Gasteiger partial charge in [0.05, 0.1) is 51.2 Å². The number of methoxy groups -OCH3 is 4. The molecule has 2 aliphatic heterocycles. The summed E-state index contributed by atoms with van der Waals surface area (Å²) < 4.78 is 22.8. The molecule has 58 heavy (non-hydrogen) atoms. The summed E-state index contributed by atoms with van der Waals surface area (Å²) in [4.78, 5) is 18.4. The average molecular weight is 763 g/mol. The maximum absolute atomic E-state index is 12.1. The highest BCUT2D eigenvalue weighted by Gasteiger charge is 2.33. The molecule has 0 spiro atoms. The van der Waals surface area contributed by atoms with Crippen molar-refractivity contribution in [2.45, 2.75) is 6.10 Å². The number of nitrogens with one attached hydrogen (secondary N) is 2. The van der Waals surface area contributed by atoms with E-state index in [4.69, 9.17) is 28.9 Å². The molecule has 1 aliphatic carbocycles. The molecular weight excluding hydrogens is 725 g/mol. The zero-order valence-corrected chi connectivity index (χ0v) is 32.3. The van der Waals surface area contributed by atoms with Gasteiger partial charge in [0.1, 0.15) is 29.1 Å². The van der Waals surface area contributed by atoms with Crippen molar-refractivity contribution in [2.75, 3.05) is 28.4 Å². The summed E-state index contributed by atoms with van der Waals surface area (Å²) in [5, 5.41) is 12.1. The maximum Gasteiger partial charge on any atom is 0.119 e. The van der Waals surface area contributed by atoms with Gasteiger partial charge >= 0.3 is 0 Å². The summed E-state index contributed by atoms with van der Waals surface area (Å²) >= 11 is 0. The number of rotatable bonds is 7. The molecule has 0 fully saturated rings. The Balaban J connectivity index is 1.41. The van der Waals surface area contributed by atoms with E-state index in [1.807, 2.05) is 78.9 Å². The molecule has 0 amide bonds. The second kappa shape index (κ2) is 14.0. The Morgan fingerprint density at radius 3 is 1.41 bits per heavy atom. The van der Waals surface area contributed by atoms with Gasteiger partial charge < -0.3 is 34.0 Å². The van der Waals surface area contributed by atoms with E-state index in [-0.39, 0.29) is 0 Å². The third-order valence-electron chi connectivity index (χ3n) is 11.1. The topological polar surface area (TPSA) is 115 Å². The number of aliphatic hydroxyl groups excluding tert-OH is 1. The zero-order valence-electron chi connectivity index (χ0n) is 32.3. The Kier molecular flexibility index (Phi) is 8.46. The van der Waals surface area contributed by atoms with E-state index in [1.165, 1.54) is 0 Å². The lowest BCUT2D eigenvalue weighted by molar-refractivity contribution is 0.238. The van der Waals surface area contributed by atoms with E-state index in [2.05, 4.69) is 64.6 Å². The lowest BCUT2D eigenvalue weighted by Crippen LogP contribution is -2.09. The average Bonchev–Trinajstić information content (AvgIpc) is 4.11. The van der Waals surface area contributed by atoms with Crippen LogP contribution in [0.2, 0.25) is 0 Å². The molecule has 0 radical (unpaired) electrons. The molecule has 8 bridgehead atoms. The minimum atomic E-state index is -0.929. The number of hydrogen-bond donors (Lipinski definition) is 3. The van der Waals surface area contributed by atoms with Gasteiger partial charge in [-0.15, -0.1) is 0 Å². The Morgan fingerprint density at radius 2 is 0.931 bits per heavy atom. The zero-order chi connectivity index (χ0) is 39.5. The molecule has 1 atom stereocenters. The van der Waals surface area contributed by atoms with Crippen molar-refractivity contribution in [1.82, 2.24) is 19.9 Å². The van der Waals surface area contributed by atoms with Crippen molar-refractivity contribution in [3.63, 3.8) is 0 Å². The smallest absolute Gasteiger partial charge is 0.119 e. The molecule has 3 aliphatic rings. The van der Waals surface area contributed by atoms with E-state index in [9.17, 15) is 5.11 Å². The number of aliphatic hydroxyl groups is 1. The van der Waals surface area contributed by atoms with Crippen molar-refractivity contribution >= 4 is 45.9 Å². The van der Waals surface area contributed by atoms with Gasteiger partial charge in [-0.3, -0.25) is 0 Å². The van der Waals surface area contributed by atoms with Gasteiger partial charge in [-0.2, -0.15) is 0 Å². The second-order valence-corrected chi connectivity index (χ2v) is 14.3. The first-order valence-corrected chi connectivity index (χ1v) is 18.9. The molecule has 3 N–H and O–H groups in total. The summed E-state index contributed by atoms with van der Waals surface area (Å²) in [6.45, 7) is 0. The molecule has 284 valence electrons. The third-order valence-corrected chi connectivity index (χ3v) is 11.1. The van der Waals surface area contributed by atoms with E-state index >= 15 is 0 Å². The maximum atomic E-state index is 12.1. The first-order chi connectivity index (χ1) is 28.4.